The zero-order chi connectivity index (χ0) is 26.9. The summed E-state index contributed by atoms with van der Waals surface area (Å²) in [6.07, 6.45) is 6.30. The van der Waals surface area contributed by atoms with E-state index >= 15 is 0 Å². The number of aromatic carboxylic acids is 1. The molecule has 4 aliphatic rings. The second-order valence-electron chi connectivity index (χ2n) is 11.6. The summed E-state index contributed by atoms with van der Waals surface area (Å²) < 4.78 is 37.3. The Hall–Kier alpha value is -2.88. The molecule has 2 aliphatic heterocycles. The number of ether oxygens (including phenoxy) is 1. The first kappa shape index (κ1) is 25.1. The predicted octanol–water partition coefficient (Wildman–Crippen LogP) is 4.54. The second-order valence-corrected chi connectivity index (χ2v) is 13.9. The largest absolute Gasteiger partial charge is 0.497 e. The first-order valence-electron chi connectivity index (χ1n) is 14.1. The van der Waals surface area contributed by atoms with Crippen molar-refractivity contribution in [2.45, 2.75) is 61.7 Å². The molecule has 2 saturated carbocycles. The topological polar surface area (TPSA) is 101 Å². The van der Waals surface area contributed by atoms with Gasteiger partial charge in [-0.3, -0.25) is 0 Å². The van der Waals surface area contributed by atoms with Gasteiger partial charge < -0.3 is 19.7 Å². The van der Waals surface area contributed by atoms with Crippen molar-refractivity contribution in [3.63, 3.8) is 0 Å². The molecular weight excluding hydrogens is 514 g/mol. The van der Waals surface area contributed by atoms with Crippen molar-refractivity contribution in [1.29, 1.82) is 0 Å². The fourth-order valence-electron chi connectivity index (χ4n) is 7.57. The van der Waals surface area contributed by atoms with Gasteiger partial charge in [0.1, 0.15) is 10.5 Å². The Labute approximate surface area is 229 Å². The third-order valence-corrected chi connectivity index (χ3v) is 12.3. The number of carboxylic acid groups (broad SMARTS) is 1. The zero-order valence-corrected chi connectivity index (χ0v) is 23.1. The van der Waals surface area contributed by atoms with Gasteiger partial charge in [0, 0.05) is 55.1 Å². The van der Waals surface area contributed by atoms with E-state index in [4.69, 9.17) is 4.74 Å². The standard InChI is InChI=1S/C30H35N3O5S/c1-38-21-8-10-22-24(16-21)25-17-30(25,39(36,37)32-13-11-31-12-14-32)18-33-26-15-20(29(34)35)7-9-23(26)27(28(22)33)19-5-3-2-4-6-19/h7-10,15-16,19,25,31H,2-6,11-14,17-18H2,1H3,(H,34,35). The van der Waals surface area contributed by atoms with Crippen molar-refractivity contribution in [1.82, 2.24) is 14.2 Å². The highest BCUT2D eigenvalue weighted by Gasteiger charge is 2.67. The van der Waals surface area contributed by atoms with Crippen molar-refractivity contribution in [3.05, 3.63) is 53.1 Å². The van der Waals surface area contributed by atoms with E-state index in [1.54, 1.807) is 23.5 Å². The molecule has 0 spiro atoms. The lowest BCUT2D eigenvalue weighted by molar-refractivity contribution is 0.0697. The minimum atomic E-state index is -3.63. The number of nitrogens with one attached hydrogen (secondary N) is 1. The van der Waals surface area contributed by atoms with Gasteiger partial charge in [-0.15, -0.1) is 0 Å². The van der Waals surface area contributed by atoms with Crippen LogP contribution in [0.15, 0.2) is 36.4 Å². The molecule has 2 aromatic carbocycles. The molecule has 39 heavy (non-hydrogen) atoms. The van der Waals surface area contributed by atoms with Gasteiger partial charge in [-0.1, -0.05) is 25.3 Å². The highest BCUT2D eigenvalue weighted by atomic mass is 32.2. The highest BCUT2D eigenvalue weighted by Crippen LogP contribution is 2.64. The summed E-state index contributed by atoms with van der Waals surface area (Å²) in [5.74, 6) is -0.0264. The number of hydrogen-bond acceptors (Lipinski definition) is 5. The number of methoxy groups -OCH3 is 1. The van der Waals surface area contributed by atoms with Gasteiger partial charge in [-0.05, 0) is 66.6 Å². The van der Waals surface area contributed by atoms with Crippen LogP contribution in [0.5, 0.6) is 5.75 Å². The fraction of sp³-hybridized carbons (Fsp3) is 0.500. The van der Waals surface area contributed by atoms with Gasteiger partial charge in [0.15, 0.2) is 0 Å². The zero-order valence-electron chi connectivity index (χ0n) is 22.3. The molecule has 2 atom stereocenters. The molecule has 2 aliphatic carbocycles. The van der Waals surface area contributed by atoms with Crippen LogP contribution in [-0.2, 0) is 16.6 Å². The smallest absolute Gasteiger partial charge is 0.335 e. The summed E-state index contributed by atoms with van der Waals surface area (Å²) in [5.41, 5.74) is 5.47. The van der Waals surface area contributed by atoms with Crippen LogP contribution in [0, 0.1) is 0 Å². The summed E-state index contributed by atoms with van der Waals surface area (Å²) in [6, 6.07) is 11.5. The molecule has 0 radical (unpaired) electrons. The lowest BCUT2D eigenvalue weighted by atomic mass is 9.81. The van der Waals surface area contributed by atoms with Crippen LogP contribution in [0.3, 0.4) is 0 Å². The van der Waals surface area contributed by atoms with Crippen molar-refractivity contribution < 1.29 is 23.1 Å². The molecule has 3 fully saturated rings. The molecule has 206 valence electrons. The first-order valence-corrected chi connectivity index (χ1v) is 15.6. The second kappa shape index (κ2) is 9.08. The van der Waals surface area contributed by atoms with Crippen molar-refractivity contribution in [2.24, 2.45) is 0 Å². The molecule has 0 amide bonds. The number of fused-ring (bicyclic) bond motifs is 7. The summed E-state index contributed by atoms with van der Waals surface area (Å²) in [6.45, 7) is 2.56. The number of piperazine rings is 1. The van der Waals surface area contributed by atoms with Crippen LogP contribution in [0.25, 0.3) is 22.2 Å². The number of carboxylic acids is 1. The minimum Gasteiger partial charge on any atom is -0.497 e. The average Bonchev–Trinajstić information content (AvgIpc) is 3.65. The Kier molecular flexibility index (Phi) is 5.84. The molecule has 1 saturated heterocycles. The van der Waals surface area contributed by atoms with E-state index in [1.165, 1.54) is 24.8 Å². The SMILES string of the molecule is COc1ccc2c(c1)C1CC1(S(=O)(=O)N1CCNCC1)Cn1c-2c(C2CCCCC2)c2ccc(C(=O)O)cc21. The number of carbonyl (C=O) groups is 1. The Morgan fingerprint density at radius 1 is 1.08 bits per heavy atom. The Balaban J connectivity index is 1.52. The van der Waals surface area contributed by atoms with Gasteiger partial charge in [0.25, 0.3) is 0 Å². The molecule has 7 rings (SSSR count). The first-order chi connectivity index (χ1) is 18.9. The maximum absolute atomic E-state index is 14.4. The quantitative estimate of drug-likeness (QED) is 0.485. The lowest BCUT2D eigenvalue weighted by Crippen LogP contribution is -2.51. The summed E-state index contributed by atoms with van der Waals surface area (Å²) >= 11 is 0. The molecule has 0 bridgehead atoms. The van der Waals surface area contributed by atoms with Crippen molar-refractivity contribution >= 4 is 26.9 Å². The van der Waals surface area contributed by atoms with E-state index in [-0.39, 0.29) is 11.5 Å². The predicted molar refractivity (Wildman–Crippen MR) is 150 cm³/mol. The van der Waals surface area contributed by atoms with E-state index in [0.717, 1.165) is 46.3 Å². The number of nitrogens with zero attached hydrogens (tertiary/aromatic N) is 2. The van der Waals surface area contributed by atoms with Crippen molar-refractivity contribution in [2.75, 3.05) is 33.3 Å². The van der Waals surface area contributed by atoms with Crippen LogP contribution >= 0.6 is 0 Å². The van der Waals surface area contributed by atoms with E-state index in [2.05, 4.69) is 16.0 Å². The molecule has 2 unspecified atom stereocenters. The highest BCUT2D eigenvalue weighted by molar-refractivity contribution is 7.90. The third kappa shape index (κ3) is 3.69. The molecule has 2 N–H and O–H groups in total. The summed E-state index contributed by atoms with van der Waals surface area (Å²) in [4.78, 5) is 12.0. The van der Waals surface area contributed by atoms with Crippen LogP contribution in [0.1, 0.15) is 71.8 Å². The maximum atomic E-state index is 14.4. The fourth-order valence-corrected chi connectivity index (χ4v) is 9.90. The van der Waals surface area contributed by atoms with Gasteiger partial charge in [0.05, 0.1) is 18.4 Å². The molecule has 9 heteroatoms. The summed E-state index contributed by atoms with van der Waals surface area (Å²) in [7, 11) is -1.99. The van der Waals surface area contributed by atoms with Gasteiger partial charge in [-0.2, -0.15) is 4.31 Å². The monoisotopic (exact) mass is 549 g/mol. The van der Waals surface area contributed by atoms with Gasteiger partial charge in [0.2, 0.25) is 10.0 Å². The molecule has 3 aromatic rings. The average molecular weight is 550 g/mol. The molecule has 8 nitrogen and oxygen atoms in total. The molecule has 3 heterocycles. The van der Waals surface area contributed by atoms with Crippen LogP contribution in [0.4, 0.5) is 0 Å². The normalized spacial score (nSPS) is 25.4. The van der Waals surface area contributed by atoms with Gasteiger partial charge in [-0.25, -0.2) is 13.2 Å². The number of rotatable bonds is 5. The van der Waals surface area contributed by atoms with Crippen LogP contribution in [0.2, 0.25) is 0 Å². The minimum absolute atomic E-state index is 0.140. The number of hydrogen-bond donors (Lipinski definition) is 2. The molecule has 1 aromatic heterocycles. The summed E-state index contributed by atoms with van der Waals surface area (Å²) in [5, 5.41) is 14.2. The third-order valence-electron chi connectivity index (χ3n) is 9.63. The van der Waals surface area contributed by atoms with E-state index in [9.17, 15) is 18.3 Å². The van der Waals surface area contributed by atoms with E-state index in [0.29, 0.717) is 45.1 Å². The number of sulfonamides is 1. The van der Waals surface area contributed by atoms with Crippen LogP contribution < -0.4 is 10.1 Å². The number of aromatic nitrogens is 1. The molecular formula is C30H35N3O5S. The van der Waals surface area contributed by atoms with Crippen LogP contribution in [-0.4, -0.2) is 66.4 Å². The Morgan fingerprint density at radius 2 is 1.85 bits per heavy atom. The van der Waals surface area contributed by atoms with Crippen molar-refractivity contribution in [3.8, 4) is 17.0 Å². The Morgan fingerprint density at radius 3 is 2.56 bits per heavy atom. The van der Waals surface area contributed by atoms with Gasteiger partial charge >= 0.3 is 5.97 Å². The Bertz CT molecular complexity index is 1580. The number of benzene rings is 2. The maximum Gasteiger partial charge on any atom is 0.335 e. The van der Waals surface area contributed by atoms with E-state index < -0.39 is 20.7 Å². The lowest BCUT2D eigenvalue weighted by Gasteiger charge is -2.31. The van der Waals surface area contributed by atoms with E-state index in [1.807, 2.05) is 18.2 Å².